The Labute approximate surface area is 209 Å². The Hall–Kier alpha value is -3.14. The van der Waals surface area contributed by atoms with Crippen LogP contribution >= 0.6 is 23.4 Å². The molecule has 1 unspecified atom stereocenters. The van der Waals surface area contributed by atoms with Crippen molar-refractivity contribution in [2.75, 3.05) is 6.61 Å². The molecule has 0 spiro atoms. The van der Waals surface area contributed by atoms with Gasteiger partial charge in [0.15, 0.2) is 0 Å². The zero-order valence-electron chi connectivity index (χ0n) is 18.6. The van der Waals surface area contributed by atoms with Crippen LogP contribution in [-0.2, 0) is 17.8 Å². The van der Waals surface area contributed by atoms with Crippen LogP contribution in [0.2, 0.25) is 5.02 Å². The van der Waals surface area contributed by atoms with Gasteiger partial charge in [0.2, 0.25) is 0 Å². The van der Waals surface area contributed by atoms with Crippen molar-refractivity contribution >= 4 is 29.5 Å². The summed E-state index contributed by atoms with van der Waals surface area (Å²) in [4.78, 5) is 13.6. The Kier molecular flexibility index (Phi) is 7.99. The Morgan fingerprint density at radius 1 is 1.09 bits per heavy atom. The standard InChI is InChI=1S/C27H25ClN2O3S/c28-25-17-24(12-11-21(25)8-5-13-27(14-15-29)19-33-26(31)30-27)34-23-10-4-9-22(16-23)32-18-20-6-2-1-3-7-20/h1-4,6-7,9-12,16-17H,5,8,13-14,18-19H2,(H,30,31). The van der Waals surface area contributed by atoms with Crippen molar-refractivity contribution < 1.29 is 14.3 Å². The summed E-state index contributed by atoms with van der Waals surface area (Å²) in [6.07, 6.45) is 1.99. The molecule has 1 heterocycles. The van der Waals surface area contributed by atoms with Gasteiger partial charge >= 0.3 is 6.09 Å². The fourth-order valence-corrected chi connectivity index (χ4v) is 5.12. The van der Waals surface area contributed by atoms with Crippen LogP contribution in [0.4, 0.5) is 4.79 Å². The second-order valence-electron chi connectivity index (χ2n) is 8.27. The van der Waals surface area contributed by atoms with Gasteiger partial charge in [-0.15, -0.1) is 0 Å². The number of nitrogens with zero attached hydrogens (tertiary/aromatic N) is 1. The lowest BCUT2D eigenvalue weighted by Crippen LogP contribution is -2.43. The monoisotopic (exact) mass is 492 g/mol. The summed E-state index contributed by atoms with van der Waals surface area (Å²) in [7, 11) is 0. The third kappa shape index (κ3) is 6.47. The zero-order valence-corrected chi connectivity index (χ0v) is 20.2. The van der Waals surface area contributed by atoms with E-state index in [4.69, 9.17) is 26.3 Å². The van der Waals surface area contributed by atoms with Crippen molar-refractivity contribution in [3.8, 4) is 11.8 Å². The summed E-state index contributed by atoms with van der Waals surface area (Å²) in [5.74, 6) is 0.825. The van der Waals surface area contributed by atoms with E-state index in [0.29, 0.717) is 18.1 Å². The number of ether oxygens (including phenoxy) is 2. The van der Waals surface area contributed by atoms with Gasteiger partial charge in [-0.2, -0.15) is 5.26 Å². The number of carbonyl (C=O) groups is 1. The number of nitriles is 1. The van der Waals surface area contributed by atoms with Crippen LogP contribution in [0.1, 0.15) is 30.4 Å². The molecule has 174 valence electrons. The molecule has 1 aliphatic heterocycles. The second kappa shape index (κ2) is 11.3. The van der Waals surface area contributed by atoms with Crippen molar-refractivity contribution in [1.82, 2.24) is 5.32 Å². The van der Waals surface area contributed by atoms with Crippen molar-refractivity contribution in [3.05, 3.63) is 88.9 Å². The highest BCUT2D eigenvalue weighted by molar-refractivity contribution is 7.99. The predicted octanol–water partition coefficient (Wildman–Crippen LogP) is 6.79. The number of hydrogen-bond donors (Lipinski definition) is 1. The SMILES string of the molecule is N#CCC1(CCCc2ccc(Sc3cccc(OCc4ccccc4)c3)cc2Cl)COC(=O)N1. The molecule has 0 bridgehead atoms. The molecule has 7 heteroatoms. The minimum atomic E-state index is -0.596. The van der Waals surface area contributed by atoms with Crippen LogP contribution in [0.3, 0.4) is 0 Å². The van der Waals surface area contributed by atoms with E-state index in [2.05, 4.69) is 23.5 Å². The maximum atomic E-state index is 11.5. The molecule has 3 aromatic carbocycles. The first kappa shape index (κ1) is 24.0. The fourth-order valence-electron chi connectivity index (χ4n) is 3.88. The molecule has 3 aromatic rings. The van der Waals surface area contributed by atoms with Crippen molar-refractivity contribution in [1.29, 1.82) is 5.26 Å². The average Bonchev–Trinajstić information content (AvgIpc) is 3.20. The molecular weight excluding hydrogens is 468 g/mol. The Morgan fingerprint density at radius 2 is 1.91 bits per heavy atom. The van der Waals surface area contributed by atoms with Gasteiger partial charge < -0.3 is 14.8 Å². The van der Waals surface area contributed by atoms with E-state index >= 15 is 0 Å². The molecule has 5 nitrogen and oxygen atoms in total. The second-order valence-corrected chi connectivity index (χ2v) is 9.83. The van der Waals surface area contributed by atoms with E-state index in [1.165, 1.54) is 0 Å². The number of cyclic esters (lactones) is 1. The number of halogens is 1. The van der Waals surface area contributed by atoms with Gasteiger partial charge in [0.1, 0.15) is 19.0 Å². The Bertz CT molecular complexity index is 1180. The maximum absolute atomic E-state index is 11.5. The lowest BCUT2D eigenvalue weighted by atomic mass is 9.90. The highest BCUT2D eigenvalue weighted by Gasteiger charge is 2.38. The molecule has 1 fully saturated rings. The first-order chi connectivity index (χ1) is 16.5. The highest BCUT2D eigenvalue weighted by atomic mass is 35.5. The number of carbonyl (C=O) groups excluding carboxylic acids is 1. The molecule has 0 aliphatic carbocycles. The van der Waals surface area contributed by atoms with Crippen LogP contribution in [0.15, 0.2) is 82.6 Å². The number of alkyl carbamates (subject to hydrolysis) is 1. The largest absolute Gasteiger partial charge is 0.489 e. The van der Waals surface area contributed by atoms with Crippen molar-refractivity contribution in [2.24, 2.45) is 0 Å². The maximum Gasteiger partial charge on any atom is 0.407 e. The molecular formula is C27H25ClN2O3S. The first-order valence-electron chi connectivity index (χ1n) is 11.1. The van der Waals surface area contributed by atoms with Gasteiger partial charge in [-0.3, -0.25) is 0 Å². The van der Waals surface area contributed by atoms with Crippen LogP contribution in [-0.4, -0.2) is 18.2 Å². The van der Waals surface area contributed by atoms with Crippen LogP contribution in [0.25, 0.3) is 0 Å². The molecule has 1 amide bonds. The molecule has 0 aromatic heterocycles. The number of hydrogen-bond acceptors (Lipinski definition) is 5. The molecule has 4 rings (SSSR count). The normalized spacial score (nSPS) is 17.0. The Balaban J connectivity index is 1.32. The van der Waals surface area contributed by atoms with Gasteiger partial charge in [-0.05, 0) is 60.7 Å². The summed E-state index contributed by atoms with van der Waals surface area (Å²) in [6, 6.07) is 26.3. The first-order valence-corrected chi connectivity index (χ1v) is 12.3. The molecule has 0 saturated carbocycles. The van der Waals surface area contributed by atoms with Gasteiger partial charge in [0, 0.05) is 14.8 Å². The lowest BCUT2D eigenvalue weighted by Gasteiger charge is -2.23. The summed E-state index contributed by atoms with van der Waals surface area (Å²) < 4.78 is 11.0. The quantitative estimate of drug-likeness (QED) is 0.337. The van der Waals surface area contributed by atoms with Crippen LogP contribution < -0.4 is 10.1 Å². The summed E-state index contributed by atoms with van der Waals surface area (Å²) in [6.45, 7) is 0.762. The van der Waals surface area contributed by atoms with E-state index in [0.717, 1.165) is 39.5 Å². The molecule has 1 N–H and O–H groups in total. The van der Waals surface area contributed by atoms with Gasteiger partial charge in [0.25, 0.3) is 0 Å². The van der Waals surface area contributed by atoms with Gasteiger partial charge in [-0.1, -0.05) is 65.8 Å². The Morgan fingerprint density at radius 3 is 2.65 bits per heavy atom. The predicted molar refractivity (Wildman–Crippen MR) is 133 cm³/mol. The number of nitrogens with one attached hydrogen (secondary N) is 1. The van der Waals surface area contributed by atoms with Crippen molar-refractivity contribution in [3.63, 3.8) is 0 Å². The topological polar surface area (TPSA) is 71.3 Å². The molecule has 1 atom stereocenters. The van der Waals surface area contributed by atoms with E-state index in [-0.39, 0.29) is 13.0 Å². The molecule has 1 saturated heterocycles. The van der Waals surface area contributed by atoms with E-state index in [9.17, 15) is 4.79 Å². The minimum Gasteiger partial charge on any atom is -0.489 e. The molecule has 34 heavy (non-hydrogen) atoms. The molecule has 1 aliphatic rings. The third-order valence-corrected chi connectivity index (χ3v) is 7.01. The number of aryl methyl sites for hydroxylation is 1. The van der Waals surface area contributed by atoms with Crippen molar-refractivity contribution in [2.45, 2.75) is 47.6 Å². The minimum absolute atomic E-state index is 0.232. The fraction of sp³-hybridized carbons (Fsp3) is 0.259. The lowest BCUT2D eigenvalue weighted by molar-refractivity contribution is 0.171. The van der Waals surface area contributed by atoms with Gasteiger partial charge in [0.05, 0.1) is 18.0 Å². The smallest absolute Gasteiger partial charge is 0.407 e. The number of rotatable bonds is 10. The van der Waals surface area contributed by atoms with E-state index < -0.39 is 11.6 Å². The number of amides is 1. The van der Waals surface area contributed by atoms with Crippen LogP contribution in [0.5, 0.6) is 5.75 Å². The highest BCUT2D eigenvalue weighted by Crippen LogP contribution is 2.33. The van der Waals surface area contributed by atoms with Gasteiger partial charge in [-0.25, -0.2) is 4.79 Å². The molecule has 0 radical (unpaired) electrons. The average molecular weight is 493 g/mol. The van der Waals surface area contributed by atoms with E-state index in [1.54, 1.807) is 11.8 Å². The summed E-state index contributed by atoms with van der Waals surface area (Å²) in [5, 5.41) is 12.6. The zero-order chi connectivity index (χ0) is 23.8. The third-order valence-electron chi connectivity index (χ3n) is 5.68. The van der Waals surface area contributed by atoms with Crippen LogP contribution in [0, 0.1) is 11.3 Å². The summed E-state index contributed by atoms with van der Waals surface area (Å²) in [5.41, 5.74) is 1.58. The van der Waals surface area contributed by atoms with E-state index in [1.807, 2.05) is 60.7 Å². The number of benzene rings is 3. The summed E-state index contributed by atoms with van der Waals surface area (Å²) >= 11 is 8.21.